The lowest BCUT2D eigenvalue weighted by atomic mass is 10.1. The number of hydrogen-bond donors (Lipinski definition) is 2. The number of primary amides is 1. The van der Waals surface area contributed by atoms with Crippen molar-refractivity contribution in [2.24, 2.45) is 5.73 Å². The highest BCUT2D eigenvalue weighted by Gasteiger charge is 2.18. The van der Waals surface area contributed by atoms with Crippen molar-refractivity contribution in [1.82, 2.24) is 9.55 Å². The molecule has 0 radical (unpaired) electrons. The van der Waals surface area contributed by atoms with Crippen molar-refractivity contribution in [3.63, 3.8) is 0 Å². The van der Waals surface area contributed by atoms with Crippen LogP contribution in [0, 0.1) is 0 Å². The largest absolute Gasteiger partial charge is 0.366 e. The molecule has 162 valence electrons. The SMILES string of the molecule is C=CCn1c(SCC(=O)Nc2sccc2C(N)=O)nc2scc(-c3ccccc3)c2c1=O. The van der Waals surface area contributed by atoms with E-state index >= 15 is 0 Å². The zero-order valence-electron chi connectivity index (χ0n) is 16.7. The summed E-state index contributed by atoms with van der Waals surface area (Å²) in [6, 6.07) is 11.2. The molecule has 0 aliphatic carbocycles. The van der Waals surface area contributed by atoms with Crippen LogP contribution in [0.3, 0.4) is 0 Å². The smallest absolute Gasteiger partial charge is 0.263 e. The highest BCUT2D eigenvalue weighted by Crippen LogP contribution is 2.32. The normalized spacial score (nSPS) is 10.9. The fourth-order valence-corrected chi connectivity index (χ4v) is 5.73. The van der Waals surface area contributed by atoms with E-state index in [1.165, 1.54) is 27.2 Å². The number of hydrogen-bond acceptors (Lipinski definition) is 7. The Morgan fingerprint density at radius 1 is 1.22 bits per heavy atom. The number of allylic oxidation sites excluding steroid dienone is 1. The number of rotatable bonds is 8. The number of benzene rings is 1. The lowest BCUT2D eigenvalue weighted by Crippen LogP contribution is -2.23. The number of nitrogens with two attached hydrogens (primary N) is 1. The molecule has 4 rings (SSSR count). The summed E-state index contributed by atoms with van der Waals surface area (Å²) in [6.45, 7) is 4.01. The van der Waals surface area contributed by atoms with Crippen LogP contribution in [0.5, 0.6) is 0 Å². The summed E-state index contributed by atoms with van der Waals surface area (Å²) in [4.78, 5) is 42.5. The molecule has 32 heavy (non-hydrogen) atoms. The first-order valence-corrected chi connectivity index (χ1v) is 12.2. The average molecular weight is 483 g/mol. The molecule has 0 spiro atoms. The predicted octanol–water partition coefficient (Wildman–Crippen LogP) is 4.20. The fraction of sp³-hybridized carbons (Fsp3) is 0.0909. The molecule has 4 aromatic rings. The summed E-state index contributed by atoms with van der Waals surface area (Å²) in [6.07, 6.45) is 1.62. The average Bonchev–Trinajstić information content (AvgIpc) is 3.42. The highest BCUT2D eigenvalue weighted by molar-refractivity contribution is 7.99. The van der Waals surface area contributed by atoms with E-state index in [4.69, 9.17) is 5.73 Å². The Bertz CT molecular complexity index is 1370. The number of thioether (sulfide) groups is 1. The molecule has 0 aliphatic heterocycles. The molecule has 2 amide bonds. The maximum atomic E-state index is 13.3. The Balaban J connectivity index is 1.62. The van der Waals surface area contributed by atoms with Gasteiger partial charge in [0, 0.05) is 17.5 Å². The van der Waals surface area contributed by atoms with E-state index in [-0.39, 0.29) is 29.3 Å². The summed E-state index contributed by atoms with van der Waals surface area (Å²) in [5.74, 6) is -0.911. The molecule has 0 fully saturated rings. The number of nitrogens with one attached hydrogen (secondary N) is 1. The number of carbonyl (C=O) groups is 2. The van der Waals surface area contributed by atoms with Crippen LogP contribution in [-0.2, 0) is 11.3 Å². The molecule has 3 N–H and O–H groups in total. The molecule has 10 heteroatoms. The van der Waals surface area contributed by atoms with E-state index in [1.54, 1.807) is 17.5 Å². The minimum atomic E-state index is -0.604. The molecule has 3 heterocycles. The number of aromatic nitrogens is 2. The van der Waals surface area contributed by atoms with Crippen molar-refractivity contribution in [2.75, 3.05) is 11.1 Å². The fourth-order valence-electron chi connectivity index (χ4n) is 3.13. The van der Waals surface area contributed by atoms with Crippen molar-refractivity contribution in [3.8, 4) is 11.1 Å². The van der Waals surface area contributed by atoms with Gasteiger partial charge >= 0.3 is 0 Å². The van der Waals surface area contributed by atoms with Gasteiger partial charge in [-0.05, 0) is 17.0 Å². The van der Waals surface area contributed by atoms with Gasteiger partial charge in [-0.15, -0.1) is 29.3 Å². The van der Waals surface area contributed by atoms with Gasteiger partial charge in [0.2, 0.25) is 5.91 Å². The van der Waals surface area contributed by atoms with E-state index in [0.29, 0.717) is 20.4 Å². The molecule has 0 bridgehead atoms. The Kier molecular flexibility index (Phi) is 6.54. The summed E-state index contributed by atoms with van der Waals surface area (Å²) >= 11 is 3.77. The first kappa shape index (κ1) is 22.0. The first-order chi connectivity index (χ1) is 15.5. The Morgan fingerprint density at radius 3 is 2.72 bits per heavy atom. The van der Waals surface area contributed by atoms with Gasteiger partial charge in [-0.1, -0.05) is 48.2 Å². The monoisotopic (exact) mass is 482 g/mol. The molecule has 1 aromatic carbocycles. The number of nitrogens with zero attached hydrogens (tertiary/aromatic N) is 2. The number of amides is 2. The van der Waals surface area contributed by atoms with Gasteiger partial charge in [-0.25, -0.2) is 4.98 Å². The second-order valence-electron chi connectivity index (χ2n) is 6.66. The van der Waals surface area contributed by atoms with Gasteiger partial charge in [0.25, 0.3) is 11.5 Å². The van der Waals surface area contributed by atoms with Crippen LogP contribution in [0.15, 0.2) is 69.8 Å². The first-order valence-electron chi connectivity index (χ1n) is 9.48. The van der Waals surface area contributed by atoms with Crippen molar-refractivity contribution in [1.29, 1.82) is 0 Å². The summed E-state index contributed by atoms with van der Waals surface area (Å²) < 4.78 is 1.52. The number of anilines is 1. The molecule has 0 atom stereocenters. The minimum absolute atomic E-state index is 0.0160. The molecule has 0 unspecified atom stereocenters. The summed E-state index contributed by atoms with van der Waals surface area (Å²) in [5.41, 5.74) is 7.20. The number of thiophene rings is 2. The molecule has 0 saturated heterocycles. The predicted molar refractivity (Wildman–Crippen MR) is 132 cm³/mol. The van der Waals surface area contributed by atoms with E-state index in [0.717, 1.165) is 22.9 Å². The number of carbonyl (C=O) groups excluding carboxylic acids is 2. The lowest BCUT2D eigenvalue weighted by molar-refractivity contribution is -0.113. The standard InChI is InChI=1S/C22H18N4O3S3/c1-2-9-26-21(29)17-15(13-6-4-3-5-7-13)11-31-20(17)25-22(26)32-12-16(27)24-19-14(18(23)28)8-10-30-19/h2-8,10-11H,1,9,12H2,(H2,23,28)(H,24,27). The summed E-state index contributed by atoms with van der Waals surface area (Å²) in [5, 5.41) is 7.70. The topological polar surface area (TPSA) is 107 Å². The van der Waals surface area contributed by atoms with Crippen LogP contribution in [0.4, 0.5) is 5.00 Å². The van der Waals surface area contributed by atoms with Crippen LogP contribution in [0.25, 0.3) is 21.3 Å². The second-order valence-corrected chi connectivity index (χ2v) is 9.38. The Morgan fingerprint density at radius 2 is 2.00 bits per heavy atom. The molecule has 0 saturated carbocycles. The molecule has 0 aliphatic rings. The third-order valence-electron chi connectivity index (χ3n) is 4.57. The summed E-state index contributed by atoms with van der Waals surface area (Å²) in [7, 11) is 0. The van der Waals surface area contributed by atoms with Crippen LogP contribution in [0.1, 0.15) is 10.4 Å². The van der Waals surface area contributed by atoms with Gasteiger partial charge < -0.3 is 11.1 Å². The maximum absolute atomic E-state index is 13.3. The van der Waals surface area contributed by atoms with Crippen LogP contribution in [0.2, 0.25) is 0 Å². The zero-order chi connectivity index (χ0) is 22.7. The van der Waals surface area contributed by atoms with E-state index in [2.05, 4.69) is 16.9 Å². The minimum Gasteiger partial charge on any atom is -0.366 e. The maximum Gasteiger partial charge on any atom is 0.263 e. The second kappa shape index (κ2) is 9.51. The van der Waals surface area contributed by atoms with Crippen LogP contribution in [-0.4, -0.2) is 27.1 Å². The van der Waals surface area contributed by atoms with Crippen LogP contribution < -0.4 is 16.6 Å². The molecular weight excluding hydrogens is 464 g/mol. The third kappa shape index (κ3) is 4.38. The van der Waals surface area contributed by atoms with E-state index in [9.17, 15) is 14.4 Å². The Hall–Kier alpha value is -3.21. The van der Waals surface area contributed by atoms with Gasteiger partial charge in [0.1, 0.15) is 9.83 Å². The Labute approximate surface area is 195 Å². The quantitative estimate of drug-likeness (QED) is 0.222. The van der Waals surface area contributed by atoms with Gasteiger partial charge in [-0.2, -0.15) is 0 Å². The van der Waals surface area contributed by atoms with Crippen molar-refractivity contribution in [3.05, 3.63) is 75.7 Å². The van der Waals surface area contributed by atoms with Crippen molar-refractivity contribution >= 4 is 61.5 Å². The van der Waals surface area contributed by atoms with Gasteiger partial charge in [0.05, 0.1) is 16.7 Å². The molecule has 3 aromatic heterocycles. The molecule has 7 nitrogen and oxygen atoms in total. The van der Waals surface area contributed by atoms with Gasteiger partial charge in [-0.3, -0.25) is 19.0 Å². The highest BCUT2D eigenvalue weighted by atomic mass is 32.2. The van der Waals surface area contributed by atoms with Crippen molar-refractivity contribution in [2.45, 2.75) is 11.7 Å². The molecular formula is C22H18N4O3S3. The van der Waals surface area contributed by atoms with Gasteiger partial charge in [0.15, 0.2) is 5.16 Å². The van der Waals surface area contributed by atoms with E-state index in [1.807, 2.05) is 35.7 Å². The number of fused-ring (bicyclic) bond motifs is 1. The zero-order valence-corrected chi connectivity index (χ0v) is 19.2. The third-order valence-corrected chi connectivity index (χ3v) is 7.25. The van der Waals surface area contributed by atoms with E-state index < -0.39 is 5.91 Å². The lowest BCUT2D eigenvalue weighted by Gasteiger charge is -2.11. The van der Waals surface area contributed by atoms with Crippen molar-refractivity contribution < 1.29 is 9.59 Å². The van der Waals surface area contributed by atoms with Crippen LogP contribution >= 0.6 is 34.4 Å².